The Morgan fingerprint density at radius 1 is 0.921 bits per heavy atom. The quantitative estimate of drug-likeness (QED) is 0.342. The fourth-order valence-electron chi connectivity index (χ4n) is 4.80. The lowest BCUT2D eigenvalue weighted by atomic mass is 9.90. The van der Waals surface area contributed by atoms with Crippen LogP contribution in [0.2, 0.25) is 0 Å². The van der Waals surface area contributed by atoms with Crippen LogP contribution in [0.25, 0.3) is 11.3 Å². The van der Waals surface area contributed by atoms with E-state index < -0.39 is 0 Å². The lowest BCUT2D eigenvalue weighted by Gasteiger charge is -2.37. The van der Waals surface area contributed by atoms with Crippen LogP contribution in [0.4, 0.5) is 16.3 Å². The first-order chi connectivity index (χ1) is 18.7. The Bertz CT molecular complexity index is 1360. The Kier molecular flexibility index (Phi) is 7.85. The first-order valence-electron chi connectivity index (χ1n) is 12.8. The largest absolute Gasteiger partial charge is 0.367 e. The van der Waals surface area contributed by atoms with Crippen LogP contribution in [-0.4, -0.2) is 33.1 Å². The average molecular weight is 504 g/mol. The molecule has 0 bridgehead atoms. The molecule has 4 aromatic rings. The Morgan fingerprint density at radius 2 is 1.76 bits per heavy atom. The molecule has 8 heteroatoms. The van der Waals surface area contributed by atoms with Gasteiger partial charge in [0.2, 0.25) is 0 Å². The number of amides is 2. The zero-order valence-corrected chi connectivity index (χ0v) is 21.0. The molecule has 38 heavy (non-hydrogen) atoms. The third-order valence-corrected chi connectivity index (χ3v) is 6.80. The van der Waals surface area contributed by atoms with E-state index in [1.807, 2.05) is 65.6 Å². The summed E-state index contributed by atoms with van der Waals surface area (Å²) in [6.45, 7) is 0.457. The first-order valence-corrected chi connectivity index (χ1v) is 12.8. The van der Waals surface area contributed by atoms with Gasteiger partial charge in [0, 0.05) is 42.8 Å². The predicted octanol–water partition coefficient (Wildman–Crippen LogP) is 5.55. The summed E-state index contributed by atoms with van der Waals surface area (Å²) in [4.78, 5) is 28.6. The van der Waals surface area contributed by atoms with Crippen molar-refractivity contribution >= 4 is 17.5 Å². The highest BCUT2D eigenvalue weighted by atomic mass is 16.2. The van der Waals surface area contributed by atoms with Crippen molar-refractivity contribution in [3.05, 3.63) is 103 Å². The molecule has 1 saturated carbocycles. The number of aromatic nitrogens is 3. The standard InChI is InChI=1S/C30H29N7O/c31-17-23-8-15-29(34-19-23)36-25-9-11-26(12-10-25)37(30(38)35-18-22-5-2-1-3-6-22)27-13-14-28(33-21-27)24-7-4-16-32-20-24/h1-8,13-16,19-21,25-26H,9-12,18H2,(H,34,36)(H,35,38)/t25-,26-. The maximum atomic E-state index is 13.5. The van der Waals surface area contributed by atoms with Crippen LogP contribution in [0.15, 0.2) is 91.5 Å². The van der Waals surface area contributed by atoms with Crippen LogP contribution in [0, 0.1) is 11.3 Å². The summed E-state index contributed by atoms with van der Waals surface area (Å²) in [5.74, 6) is 0.764. The van der Waals surface area contributed by atoms with Gasteiger partial charge in [-0.15, -0.1) is 0 Å². The summed E-state index contributed by atoms with van der Waals surface area (Å²) in [6.07, 6.45) is 10.4. The van der Waals surface area contributed by atoms with Gasteiger partial charge in [0.15, 0.2) is 0 Å². The minimum Gasteiger partial charge on any atom is -0.367 e. The van der Waals surface area contributed by atoms with Crippen molar-refractivity contribution in [2.24, 2.45) is 0 Å². The molecule has 1 fully saturated rings. The van der Waals surface area contributed by atoms with E-state index in [1.54, 1.807) is 30.9 Å². The number of pyridine rings is 3. The van der Waals surface area contributed by atoms with Gasteiger partial charge in [0.25, 0.3) is 0 Å². The second kappa shape index (κ2) is 12.0. The predicted molar refractivity (Wildman–Crippen MR) is 147 cm³/mol. The van der Waals surface area contributed by atoms with E-state index in [0.717, 1.165) is 54.0 Å². The number of nitriles is 1. The Balaban J connectivity index is 1.29. The number of hydrogen-bond donors (Lipinski definition) is 2. The van der Waals surface area contributed by atoms with Gasteiger partial charge in [-0.2, -0.15) is 5.26 Å². The number of hydrogen-bond acceptors (Lipinski definition) is 6. The van der Waals surface area contributed by atoms with E-state index in [0.29, 0.717) is 12.1 Å². The first kappa shape index (κ1) is 24.9. The molecule has 0 atom stereocenters. The summed E-state index contributed by atoms with van der Waals surface area (Å²) in [7, 11) is 0. The molecule has 1 aliphatic rings. The van der Waals surface area contributed by atoms with Crippen molar-refractivity contribution < 1.29 is 4.79 Å². The number of nitrogens with zero attached hydrogens (tertiary/aromatic N) is 5. The third-order valence-electron chi connectivity index (χ3n) is 6.80. The number of carbonyl (C=O) groups is 1. The minimum atomic E-state index is -0.130. The lowest BCUT2D eigenvalue weighted by molar-refractivity contribution is 0.240. The molecular weight excluding hydrogens is 474 g/mol. The molecule has 2 N–H and O–H groups in total. The van der Waals surface area contributed by atoms with E-state index in [1.165, 1.54) is 0 Å². The summed E-state index contributed by atoms with van der Waals surface area (Å²) < 4.78 is 0. The van der Waals surface area contributed by atoms with Crippen LogP contribution >= 0.6 is 0 Å². The van der Waals surface area contributed by atoms with E-state index in [-0.39, 0.29) is 18.1 Å². The highest BCUT2D eigenvalue weighted by molar-refractivity contribution is 5.92. The van der Waals surface area contributed by atoms with Gasteiger partial charge in [0.1, 0.15) is 11.9 Å². The molecular formula is C30H29N7O. The number of rotatable bonds is 7. The molecule has 0 spiro atoms. The van der Waals surface area contributed by atoms with Gasteiger partial charge in [-0.25, -0.2) is 9.78 Å². The Morgan fingerprint density at radius 3 is 2.42 bits per heavy atom. The summed E-state index contributed by atoms with van der Waals surface area (Å²) in [5.41, 5.74) is 4.11. The number of urea groups is 1. The number of benzene rings is 1. The maximum Gasteiger partial charge on any atom is 0.322 e. The van der Waals surface area contributed by atoms with Gasteiger partial charge in [-0.3, -0.25) is 14.9 Å². The molecule has 8 nitrogen and oxygen atoms in total. The highest BCUT2D eigenvalue weighted by Gasteiger charge is 2.30. The molecule has 3 aromatic heterocycles. The maximum absolute atomic E-state index is 13.5. The van der Waals surface area contributed by atoms with Crippen molar-refractivity contribution in [3.63, 3.8) is 0 Å². The van der Waals surface area contributed by atoms with Gasteiger partial charge < -0.3 is 10.6 Å². The van der Waals surface area contributed by atoms with Gasteiger partial charge in [-0.05, 0) is 67.6 Å². The summed E-state index contributed by atoms with van der Waals surface area (Å²) in [6, 6.07) is 23.5. The van der Waals surface area contributed by atoms with Crippen molar-refractivity contribution in [1.82, 2.24) is 20.3 Å². The van der Waals surface area contributed by atoms with Crippen LogP contribution in [0.3, 0.4) is 0 Å². The Hall–Kier alpha value is -4.77. The molecule has 2 amide bonds. The number of anilines is 2. The fraction of sp³-hybridized carbons (Fsp3) is 0.233. The van der Waals surface area contributed by atoms with Crippen molar-refractivity contribution in [3.8, 4) is 17.3 Å². The van der Waals surface area contributed by atoms with E-state index in [4.69, 9.17) is 5.26 Å². The van der Waals surface area contributed by atoms with E-state index in [2.05, 4.69) is 31.7 Å². The highest BCUT2D eigenvalue weighted by Crippen LogP contribution is 2.30. The molecule has 5 rings (SSSR count). The van der Waals surface area contributed by atoms with Gasteiger partial charge in [-0.1, -0.05) is 30.3 Å². The summed E-state index contributed by atoms with van der Waals surface area (Å²) in [5, 5.41) is 15.6. The van der Waals surface area contributed by atoms with Gasteiger partial charge >= 0.3 is 6.03 Å². The Labute approximate surface area is 222 Å². The lowest BCUT2D eigenvalue weighted by Crippen LogP contribution is -2.48. The van der Waals surface area contributed by atoms with Gasteiger partial charge in [0.05, 0.1) is 23.1 Å². The van der Waals surface area contributed by atoms with Crippen molar-refractivity contribution in [1.29, 1.82) is 5.26 Å². The molecule has 0 saturated heterocycles. The molecule has 0 radical (unpaired) electrons. The summed E-state index contributed by atoms with van der Waals surface area (Å²) >= 11 is 0. The van der Waals surface area contributed by atoms with E-state index in [9.17, 15) is 4.79 Å². The number of nitrogens with one attached hydrogen (secondary N) is 2. The second-order valence-electron chi connectivity index (χ2n) is 9.35. The number of carbonyl (C=O) groups excluding carboxylic acids is 1. The zero-order chi connectivity index (χ0) is 26.2. The third kappa shape index (κ3) is 6.13. The van der Waals surface area contributed by atoms with Crippen molar-refractivity contribution in [2.75, 3.05) is 10.2 Å². The SMILES string of the molecule is N#Cc1ccc(N[C@H]2CC[C@H](N(C(=O)NCc3ccccc3)c3ccc(-c4cccnc4)nc3)CC2)nc1. The topological polar surface area (TPSA) is 107 Å². The smallest absolute Gasteiger partial charge is 0.322 e. The normalized spacial score (nSPS) is 16.7. The molecule has 3 heterocycles. The average Bonchev–Trinajstić information content (AvgIpc) is 2.99. The fourth-order valence-corrected chi connectivity index (χ4v) is 4.80. The molecule has 0 aliphatic heterocycles. The van der Waals surface area contributed by atoms with Crippen LogP contribution in [-0.2, 0) is 6.54 Å². The van der Waals surface area contributed by atoms with Crippen LogP contribution < -0.4 is 15.5 Å². The molecule has 1 aliphatic carbocycles. The van der Waals surface area contributed by atoms with Crippen LogP contribution in [0.5, 0.6) is 0 Å². The molecule has 190 valence electrons. The molecule has 0 unspecified atom stereocenters. The zero-order valence-electron chi connectivity index (χ0n) is 21.0. The molecule has 1 aromatic carbocycles. The van der Waals surface area contributed by atoms with Crippen LogP contribution in [0.1, 0.15) is 36.8 Å². The second-order valence-corrected chi connectivity index (χ2v) is 9.35. The monoisotopic (exact) mass is 503 g/mol. The minimum absolute atomic E-state index is 0.0452. The van der Waals surface area contributed by atoms with Crippen molar-refractivity contribution in [2.45, 2.75) is 44.3 Å². The van der Waals surface area contributed by atoms with E-state index >= 15 is 0 Å².